The van der Waals surface area contributed by atoms with E-state index in [1.54, 1.807) is 0 Å². The van der Waals surface area contributed by atoms with Crippen LogP contribution in [0.3, 0.4) is 0 Å². The average molecular weight is 301 g/mol. The molecule has 0 aromatic heterocycles. The summed E-state index contributed by atoms with van der Waals surface area (Å²) in [5.41, 5.74) is 5.70. The zero-order chi connectivity index (χ0) is 15.3. The van der Waals surface area contributed by atoms with Crippen LogP contribution >= 0.6 is 11.6 Å². The van der Waals surface area contributed by atoms with Crippen LogP contribution in [0.2, 0.25) is 5.02 Å². The average Bonchev–Trinajstić information content (AvgIpc) is 2.40. The highest BCUT2D eigenvalue weighted by Gasteiger charge is 2.16. The molecule has 1 unspecified atom stereocenters. The number of anilines is 1. The maximum Gasteiger partial charge on any atom is 0.339 e. The number of hydrogen-bond acceptors (Lipinski definition) is 4. The fraction of sp³-hybridized carbons (Fsp3) is 0.385. The quantitative estimate of drug-likeness (QED) is 0.745. The van der Waals surface area contributed by atoms with Crippen molar-refractivity contribution in [1.29, 1.82) is 0 Å². The van der Waals surface area contributed by atoms with Crippen LogP contribution in [0.15, 0.2) is 12.1 Å². The van der Waals surface area contributed by atoms with Crippen molar-refractivity contribution in [3.63, 3.8) is 0 Å². The van der Waals surface area contributed by atoms with Crippen LogP contribution in [0.25, 0.3) is 0 Å². The van der Waals surface area contributed by atoms with Gasteiger partial charge in [-0.05, 0) is 18.5 Å². The van der Waals surface area contributed by atoms with Gasteiger partial charge in [0, 0.05) is 12.5 Å². The molecule has 110 valence electrons. The summed E-state index contributed by atoms with van der Waals surface area (Å²) < 4.78 is 4.98. The Balaban J connectivity index is 2.96. The molecular weight excluding hydrogens is 284 g/mol. The molecule has 1 amide bonds. The molecule has 0 heterocycles. The monoisotopic (exact) mass is 300 g/mol. The summed E-state index contributed by atoms with van der Waals surface area (Å²) in [7, 11) is 1.35. The summed E-state index contributed by atoms with van der Waals surface area (Å²) in [6, 6.07) is 2.63. The van der Waals surface area contributed by atoms with Crippen LogP contribution < -0.4 is 15.8 Å². The Bertz CT molecular complexity index is 519. The largest absolute Gasteiger partial charge is 0.496 e. The number of hydrogen-bond donors (Lipinski definition) is 3. The molecule has 0 aliphatic heterocycles. The van der Waals surface area contributed by atoms with Gasteiger partial charge in [0.05, 0.1) is 17.8 Å². The van der Waals surface area contributed by atoms with Crippen molar-refractivity contribution in [1.82, 2.24) is 0 Å². The van der Waals surface area contributed by atoms with Gasteiger partial charge >= 0.3 is 5.97 Å². The number of carboxylic acid groups (broad SMARTS) is 1. The van der Waals surface area contributed by atoms with E-state index in [0.29, 0.717) is 12.2 Å². The van der Waals surface area contributed by atoms with Crippen molar-refractivity contribution in [2.75, 3.05) is 19.0 Å². The molecule has 7 heteroatoms. The number of rotatable bonds is 6. The highest BCUT2D eigenvalue weighted by atomic mass is 35.5. The highest BCUT2D eigenvalue weighted by Crippen LogP contribution is 2.31. The maximum absolute atomic E-state index is 11.8. The molecule has 0 radical (unpaired) electrons. The predicted molar refractivity (Wildman–Crippen MR) is 76.4 cm³/mol. The molecule has 1 rings (SSSR count). The van der Waals surface area contributed by atoms with Crippen molar-refractivity contribution in [2.45, 2.75) is 13.3 Å². The van der Waals surface area contributed by atoms with Crippen molar-refractivity contribution in [3.05, 3.63) is 22.7 Å². The number of benzene rings is 1. The van der Waals surface area contributed by atoms with E-state index in [0.717, 1.165) is 0 Å². The minimum Gasteiger partial charge on any atom is -0.496 e. The molecule has 20 heavy (non-hydrogen) atoms. The second-order valence-electron chi connectivity index (χ2n) is 4.43. The molecule has 6 nitrogen and oxygen atoms in total. The molecule has 1 aromatic rings. The summed E-state index contributed by atoms with van der Waals surface area (Å²) >= 11 is 5.96. The summed E-state index contributed by atoms with van der Waals surface area (Å²) in [4.78, 5) is 22.8. The SMILES string of the molecule is COc1cc(NC(=O)CC(C)CN)c(Cl)cc1C(=O)O. The van der Waals surface area contributed by atoms with Gasteiger partial charge in [-0.15, -0.1) is 0 Å². The van der Waals surface area contributed by atoms with Crippen LogP contribution in [0.5, 0.6) is 5.75 Å². The smallest absolute Gasteiger partial charge is 0.339 e. The van der Waals surface area contributed by atoms with Crippen molar-refractivity contribution in [2.24, 2.45) is 11.7 Å². The number of nitrogens with one attached hydrogen (secondary N) is 1. The molecule has 0 saturated carbocycles. The second kappa shape index (κ2) is 7.12. The molecule has 0 aliphatic carbocycles. The number of halogens is 1. The van der Waals surface area contributed by atoms with Gasteiger partial charge in [-0.1, -0.05) is 18.5 Å². The van der Waals surface area contributed by atoms with E-state index in [1.807, 2.05) is 6.92 Å². The lowest BCUT2D eigenvalue weighted by Crippen LogP contribution is -2.20. The van der Waals surface area contributed by atoms with Gasteiger partial charge in [0.25, 0.3) is 0 Å². The van der Waals surface area contributed by atoms with Crippen LogP contribution in [-0.4, -0.2) is 30.6 Å². The normalized spacial score (nSPS) is 11.8. The summed E-state index contributed by atoms with van der Waals surface area (Å²) in [6.45, 7) is 2.26. The fourth-order valence-electron chi connectivity index (χ4n) is 1.59. The molecule has 0 aliphatic rings. The summed E-state index contributed by atoms with van der Waals surface area (Å²) in [5.74, 6) is -1.22. The van der Waals surface area contributed by atoms with E-state index in [1.165, 1.54) is 19.2 Å². The Labute approximate surface area is 121 Å². The molecular formula is C13H17ClN2O4. The number of amides is 1. The first-order valence-electron chi connectivity index (χ1n) is 5.99. The van der Waals surface area contributed by atoms with E-state index >= 15 is 0 Å². The molecule has 0 bridgehead atoms. The third kappa shape index (κ3) is 4.11. The number of aromatic carboxylic acids is 1. The number of carbonyl (C=O) groups excluding carboxylic acids is 1. The third-order valence-electron chi connectivity index (χ3n) is 2.73. The number of nitrogens with two attached hydrogens (primary N) is 1. The molecule has 0 saturated heterocycles. The van der Waals surface area contributed by atoms with Crippen LogP contribution in [0, 0.1) is 5.92 Å². The fourth-order valence-corrected chi connectivity index (χ4v) is 1.80. The maximum atomic E-state index is 11.8. The number of carboxylic acids is 1. The lowest BCUT2D eigenvalue weighted by molar-refractivity contribution is -0.116. The van der Waals surface area contributed by atoms with Gasteiger partial charge in [-0.25, -0.2) is 4.79 Å². The molecule has 1 aromatic carbocycles. The van der Waals surface area contributed by atoms with Crippen molar-refractivity contribution >= 4 is 29.2 Å². The third-order valence-corrected chi connectivity index (χ3v) is 3.04. The van der Waals surface area contributed by atoms with Gasteiger partial charge in [-0.2, -0.15) is 0 Å². The zero-order valence-electron chi connectivity index (χ0n) is 11.3. The Morgan fingerprint density at radius 1 is 1.50 bits per heavy atom. The number of carbonyl (C=O) groups is 2. The van der Waals surface area contributed by atoms with Crippen molar-refractivity contribution < 1.29 is 19.4 Å². The van der Waals surface area contributed by atoms with E-state index in [2.05, 4.69) is 5.32 Å². The Morgan fingerprint density at radius 3 is 2.65 bits per heavy atom. The van der Waals surface area contributed by atoms with Crippen LogP contribution in [-0.2, 0) is 4.79 Å². The minimum absolute atomic E-state index is 0.0500. The van der Waals surface area contributed by atoms with Crippen LogP contribution in [0.4, 0.5) is 5.69 Å². The highest BCUT2D eigenvalue weighted by molar-refractivity contribution is 6.34. The van der Waals surface area contributed by atoms with E-state index in [4.69, 9.17) is 27.2 Å². The number of ether oxygens (including phenoxy) is 1. The molecule has 4 N–H and O–H groups in total. The van der Waals surface area contributed by atoms with Crippen molar-refractivity contribution in [3.8, 4) is 5.75 Å². The lowest BCUT2D eigenvalue weighted by Gasteiger charge is -2.13. The molecule has 0 spiro atoms. The van der Waals surface area contributed by atoms with Gasteiger partial charge in [0.2, 0.25) is 5.91 Å². The van der Waals surface area contributed by atoms with E-state index < -0.39 is 5.97 Å². The number of methoxy groups -OCH3 is 1. The first-order valence-corrected chi connectivity index (χ1v) is 6.37. The van der Waals surface area contributed by atoms with Gasteiger partial charge in [-0.3, -0.25) is 4.79 Å². The topological polar surface area (TPSA) is 102 Å². The standard InChI is InChI=1S/C13H17ClN2O4/c1-7(6-15)3-12(17)16-10-5-11(20-2)8(13(18)19)4-9(10)14/h4-5,7H,3,6,15H2,1-2H3,(H,16,17)(H,18,19). The van der Waals surface area contributed by atoms with Gasteiger partial charge in [0.1, 0.15) is 11.3 Å². The first-order chi connectivity index (χ1) is 9.38. The minimum atomic E-state index is -1.15. The van der Waals surface area contributed by atoms with Gasteiger partial charge in [0.15, 0.2) is 0 Å². The lowest BCUT2D eigenvalue weighted by atomic mass is 10.1. The Morgan fingerprint density at radius 2 is 2.15 bits per heavy atom. The summed E-state index contributed by atoms with van der Waals surface area (Å²) in [6.07, 6.45) is 0.260. The van der Waals surface area contributed by atoms with E-state index in [-0.39, 0.29) is 34.6 Å². The van der Waals surface area contributed by atoms with Gasteiger partial charge < -0.3 is 20.9 Å². The Kier molecular flexibility index (Phi) is 5.79. The Hall–Kier alpha value is -1.79. The van der Waals surface area contributed by atoms with Crippen LogP contribution in [0.1, 0.15) is 23.7 Å². The molecule has 1 atom stereocenters. The van der Waals surface area contributed by atoms with E-state index in [9.17, 15) is 9.59 Å². The molecule has 0 fully saturated rings. The first kappa shape index (κ1) is 16.3. The zero-order valence-corrected chi connectivity index (χ0v) is 12.0. The second-order valence-corrected chi connectivity index (χ2v) is 4.84. The summed E-state index contributed by atoms with van der Waals surface area (Å²) in [5, 5.41) is 11.8. The predicted octanol–water partition coefficient (Wildman–Crippen LogP) is 1.97.